The second-order valence-electron chi connectivity index (χ2n) is 6.86. The number of fused-ring (bicyclic) bond motifs is 1. The maximum absolute atomic E-state index is 13.0. The summed E-state index contributed by atoms with van der Waals surface area (Å²) in [6.45, 7) is 3.74. The zero-order valence-corrected chi connectivity index (χ0v) is 13.7. The van der Waals surface area contributed by atoms with E-state index in [1.165, 1.54) is 32.1 Å². The molecule has 1 aromatic heterocycles. The number of amides is 1. The molecule has 1 saturated heterocycles. The molecule has 2 aliphatic rings. The highest BCUT2D eigenvalue weighted by Crippen LogP contribution is 2.36. The van der Waals surface area contributed by atoms with Gasteiger partial charge in [0.1, 0.15) is 5.52 Å². The van der Waals surface area contributed by atoms with E-state index in [-0.39, 0.29) is 5.91 Å². The first kappa shape index (κ1) is 14.7. The van der Waals surface area contributed by atoms with Crippen LogP contribution >= 0.6 is 0 Å². The van der Waals surface area contributed by atoms with Gasteiger partial charge in [-0.1, -0.05) is 18.1 Å². The summed E-state index contributed by atoms with van der Waals surface area (Å²) in [4.78, 5) is 15.1. The van der Waals surface area contributed by atoms with Gasteiger partial charge in [0.25, 0.3) is 5.91 Å². The standard InChI is InChI=1S/C18H24N4O/c1-2-22-17-10-9-14(12-15(17)19-20-22)18(23)21-11-5-8-16(21)13-6-3-4-7-13/h9-10,12-13,16H,2-8,11H2,1H3. The van der Waals surface area contributed by atoms with Crippen molar-refractivity contribution in [1.82, 2.24) is 19.9 Å². The number of aryl methyl sites for hydroxylation is 1. The average Bonchev–Trinajstić information content (AvgIpc) is 3.31. The van der Waals surface area contributed by atoms with Crippen LogP contribution in [0.5, 0.6) is 0 Å². The van der Waals surface area contributed by atoms with E-state index in [0.29, 0.717) is 12.0 Å². The quantitative estimate of drug-likeness (QED) is 0.874. The zero-order chi connectivity index (χ0) is 15.8. The van der Waals surface area contributed by atoms with Crippen LogP contribution in [0.1, 0.15) is 55.8 Å². The van der Waals surface area contributed by atoms with E-state index >= 15 is 0 Å². The molecule has 0 spiro atoms. The average molecular weight is 312 g/mol. The van der Waals surface area contributed by atoms with Crippen LogP contribution < -0.4 is 0 Å². The predicted molar refractivity (Wildman–Crippen MR) is 89.2 cm³/mol. The van der Waals surface area contributed by atoms with E-state index in [9.17, 15) is 4.79 Å². The minimum atomic E-state index is 0.173. The highest BCUT2D eigenvalue weighted by molar-refractivity contribution is 5.97. The molecule has 1 saturated carbocycles. The van der Waals surface area contributed by atoms with E-state index in [4.69, 9.17) is 0 Å². The van der Waals surface area contributed by atoms with Crippen LogP contribution in [0.4, 0.5) is 0 Å². The lowest BCUT2D eigenvalue weighted by Crippen LogP contribution is -2.39. The van der Waals surface area contributed by atoms with Gasteiger partial charge in [0.15, 0.2) is 0 Å². The molecule has 2 heterocycles. The maximum Gasteiger partial charge on any atom is 0.254 e. The number of nitrogens with zero attached hydrogens (tertiary/aromatic N) is 4. The molecule has 23 heavy (non-hydrogen) atoms. The monoisotopic (exact) mass is 312 g/mol. The summed E-state index contributed by atoms with van der Waals surface area (Å²) in [5.41, 5.74) is 2.57. The second-order valence-corrected chi connectivity index (χ2v) is 6.86. The summed E-state index contributed by atoms with van der Waals surface area (Å²) in [5.74, 6) is 0.887. The molecule has 2 aromatic rings. The van der Waals surface area contributed by atoms with Crippen molar-refractivity contribution in [1.29, 1.82) is 0 Å². The number of likely N-dealkylation sites (tertiary alicyclic amines) is 1. The molecule has 1 atom stereocenters. The Morgan fingerprint density at radius 1 is 1.22 bits per heavy atom. The topological polar surface area (TPSA) is 51.0 Å². The van der Waals surface area contributed by atoms with Crippen molar-refractivity contribution in [3.63, 3.8) is 0 Å². The highest BCUT2D eigenvalue weighted by atomic mass is 16.2. The van der Waals surface area contributed by atoms with E-state index in [1.54, 1.807) is 0 Å². The van der Waals surface area contributed by atoms with Gasteiger partial charge in [-0.15, -0.1) is 5.10 Å². The van der Waals surface area contributed by atoms with Crippen molar-refractivity contribution in [2.24, 2.45) is 5.92 Å². The molecule has 5 nitrogen and oxygen atoms in total. The number of aromatic nitrogens is 3. The molecule has 4 rings (SSSR count). The number of rotatable bonds is 3. The third kappa shape index (κ3) is 2.52. The maximum atomic E-state index is 13.0. The van der Waals surface area contributed by atoms with Crippen LogP contribution in [-0.4, -0.2) is 38.4 Å². The second kappa shape index (κ2) is 5.95. The lowest BCUT2D eigenvalue weighted by molar-refractivity contribution is 0.0689. The molecule has 0 radical (unpaired) electrons. The van der Waals surface area contributed by atoms with Crippen molar-refractivity contribution < 1.29 is 4.79 Å². The van der Waals surface area contributed by atoms with Crippen LogP contribution in [0.15, 0.2) is 18.2 Å². The summed E-state index contributed by atoms with van der Waals surface area (Å²) < 4.78 is 1.86. The van der Waals surface area contributed by atoms with Crippen LogP contribution in [0, 0.1) is 5.92 Å². The van der Waals surface area contributed by atoms with Crippen LogP contribution in [0.3, 0.4) is 0 Å². The van der Waals surface area contributed by atoms with Gasteiger partial charge in [-0.2, -0.15) is 0 Å². The fourth-order valence-corrected chi connectivity index (χ4v) is 4.38. The molecule has 1 aromatic carbocycles. The Bertz CT molecular complexity index is 717. The Morgan fingerprint density at radius 2 is 2.04 bits per heavy atom. The Balaban J connectivity index is 1.60. The van der Waals surface area contributed by atoms with Crippen LogP contribution in [-0.2, 0) is 6.54 Å². The molecule has 122 valence electrons. The molecule has 0 N–H and O–H groups in total. The summed E-state index contributed by atoms with van der Waals surface area (Å²) >= 11 is 0. The number of carbonyl (C=O) groups is 1. The minimum absolute atomic E-state index is 0.173. The number of carbonyl (C=O) groups excluding carboxylic acids is 1. The zero-order valence-electron chi connectivity index (χ0n) is 13.7. The van der Waals surface area contributed by atoms with Gasteiger partial charge in [0, 0.05) is 24.7 Å². The predicted octanol–water partition coefficient (Wildman–Crippen LogP) is 3.25. The Kier molecular flexibility index (Phi) is 3.79. The van der Waals surface area contributed by atoms with E-state index in [2.05, 4.69) is 15.2 Å². The van der Waals surface area contributed by atoms with Gasteiger partial charge in [0.05, 0.1) is 5.52 Å². The third-order valence-corrected chi connectivity index (χ3v) is 5.56. The number of benzene rings is 1. The number of hydrogen-bond acceptors (Lipinski definition) is 3. The fraction of sp³-hybridized carbons (Fsp3) is 0.611. The Labute approximate surface area is 136 Å². The number of hydrogen-bond donors (Lipinski definition) is 0. The van der Waals surface area contributed by atoms with Crippen molar-refractivity contribution >= 4 is 16.9 Å². The molecular formula is C18H24N4O. The minimum Gasteiger partial charge on any atom is -0.335 e. The third-order valence-electron chi connectivity index (χ3n) is 5.56. The van der Waals surface area contributed by atoms with E-state index in [1.807, 2.05) is 29.8 Å². The van der Waals surface area contributed by atoms with Crippen molar-refractivity contribution in [2.75, 3.05) is 6.54 Å². The normalized spacial score (nSPS) is 22.3. The van der Waals surface area contributed by atoms with Crippen molar-refractivity contribution in [2.45, 2.75) is 58.0 Å². The van der Waals surface area contributed by atoms with Crippen molar-refractivity contribution in [3.05, 3.63) is 23.8 Å². The molecule has 1 aliphatic heterocycles. The first-order valence-corrected chi connectivity index (χ1v) is 8.92. The van der Waals surface area contributed by atoms with Gasteiger partial charge in [-0.25, -0.2) is 4.68 Å². The smallest absolute Gasteiger partial charge is 0.254 e. The summed E-state index contributed by atoms with van der Waals surface area (Å²) in [7, 11) is 0. The van der Waals surface area contributed by atoms with Gasteiger partial charge in [-0.3, -0.25) is 4.79 Å². The molecular weight excluding hydrogens is 288 g/mol. The van der Waals surface area contributed by atoms with Gasteiger partial charge in [-0.05, 0) is 56.7 Å². The first-order valence-electron chi connectivity index (χ1n) is 8.92. The lowest BCUT2D eigenvalue weighted by Gasteiger charge is -2.29. The Hall–Kier alpha value is -1.91. The van der Waals surface area contributed by atoms with E-state index < -0.39 is 0 Å². The van der Waals surface area contributed by atoms with Gasteiger partial charge >= 0.3 is 0 Å². The molecule has 1 aliphatic carbocycles. The molecule has 5 heteroatoms. The van der Waals surface area contributed by atoms with Gasteiger partial charge in [0.2, 0.25) is 0 Å². The summed E-state index contributed by atoms with van der Waals surface area (Å²) in [5, 5.41) is 8.33. The molecule has 1 unspecified atom stereocenters. The lowest BCUT2D eigenvalue weighted by atomic mass is 9.95. The summed E-state index contributed by atoms with van der Waals surface area (Å²) in [6, 6.07) is 6.27. The van der Waals surface area contributed by atoms with E-state index in [0.717, 1.165) is 36.1 Å². The van der Waals surface area contributed by atoms with Gasteiger partial charge < -0.3 is 4.90 Å². The largest absolute Gasteiger partial charge is 0.335 e. The molecule has 2 fully saturated rings. The summed E-state index contributed by atoms with van der Waals surface area (Å²) in [6.07, 6.45) is 7.55. The Morgan fingerprint density at radius 3 is 2.83 bits per heavy atom. The molecule has 1 amide bonds. The highest BCUT2D eigenvalue weighted by Gasteiger charge is 2.36. The van der Waals surface area contributed by atoms with Crippen LogP contribution in [0.25, 0.3) is 11.0 Å². The molecule has 0 bridgehead atoms. The first-order chi connectivity index (χ1) is 11.3. The van der Waals surface area contributed by atoms with Crippen molar-refractivity contribution in [3.8, 4) is 0 Å². The fourth-order valence-electron chi connectivity index (χ4n) is 4.38. The SMILES string of the molecule is CCn1nnc2cc(C(=O)N3CCCC3C3CCCC3)ccc21. The van der Waals surface area contributed by atoms with Crippen LogP contribution in [0.2, 0.25) is 0 Å².